The van der Waals surface area contributed by atoms with E-state index in [9.17, 15) is 0 Å². The molecule has 2 aliphatic carbocycles. The van der Waals surface area contributed by atoms with Crippen LogP contribution in [-0.4, -0.2) is 0 Å². The number of hydrogen-bond acceptors (Lipinski definition) is 0. The minimum atomic E-state index is 0.781. The van der Waals surface area contributed by atoms with Gasteiger partial charge < -0.3 is 0 Å². The Labute approximate surface area is 154 Å². The second-order valence-electron chi connectivity index (χ2n) is 8.44. The van der Waals surface area contributed by atoms with Gasteiger partial charge in [-0.25, -0.2) is 0 Å². The quantitative estimate of drug-likeness (QED) is 0.457. The Hall–Kier alpha value is -0.490. The Kier molecular flexibility index (Phi) is 7.07. The molecule has 0 heterocycles. The van der Waals surface area contributed by atoms with Crippen LogP contribution in [0.4, 0.5) is 0 Å². The van der Waals surface area contributed by atoms with E-state index in [-0.39, 0.29) is 0 Å². The van der Waals surface area contributed by atoms with Crippen LogP contribution in [-0.2, 0) is 0 Å². The van der Waals surface area contributed by atoms with Gasteiger partial charge in [-0.15, -0.1) is 0 Å². The summed E-state index contributed by atoms with van der Waals surface area (Å²) in [5.74, 6) is 3.89. The number of hydrogen-bond donors (Lipinski definition) is 0. The zero-order chi connectivity index (χ0) is 16.8. The molecule has 0 N–H and O–H groups in total. The molecule has 0 saturated heterocycles. The Morgan fingerprint density at radius 2 is 1.38 bits per heavy atom. The molecule has 2 fully saturated rings. The third kappa shape index (κ3) is 5.01. The van der Waals surface area contributed by atoms with E-state index in [1.165, 1.54) is 82.6 Å². The van der Waals surface area contributed by atoms with E-state index in [1.54, 1.807) is 0 Å². The molecule has 0 amide bonds. The molecule has 0 aromatic heterocycles. The first-order valence-corrected chi connectivity index (χ1v) is 10.9. The van der Waals surface area contributed by atoms with Crippen molar-refractivity contribution in [2.24, 2.45) is 17.8 Å². The number of halogens is 1. The van der Waals surface area contributed by atoms with Crippen LogP contribution < -0.4 is 0 Å². The highest BCUT2D eigenvalue weighted by Crippen LogP contribution is 2.44. The summed E-state index contributed by atoms with van der Waals surface area (Å²) in [5.41, 5.74) is 1.51. The monoisotopic (exact) mass is 346 g/mol. The molecule has 2 aliphatic rings. The van der Waals surface area contributed by atoms with Gasteiger partial charge in [-0.05, 0) is 79.9 Å². The van der Waals surface area contributed by atoms with Crippen molar-refractivity contribution < 1.29 is 0 Å². The molecule has 0 radical (unpaired) electrons. The minimum absolute atomic E-state index is 0.781. The lowest BCUT2D eigenvalue weighted by Gasteiger charge is -2.38. The Balaban J connectivity index is 1.40. The zero-order valence-electron chi connectivity index (χ0n) is 15.5. The van der Waals surface area contributed by atoms with E-state index in [2.05, 4.69) is 31.2 Å². The fourth-order valence-corrected chi connectivity index (χ4v) is 5.42. The van der Waals surface area contributed by atoms with Crippen LogP contribution in [0.15, 0.2) is 24.3 Å². The lowest BCUT2D eigenvalue weighted by molar-refractivity contribution is 0.155. The van der Waals surface area contributed by atoms with Gasteiger partial charge in [-0.1, -0.05) is 69.2 Å². The van der Waals surface area contributed by atoms with Gasteiger partial charge in [0.15, 0.2) is 0 Å². The van der Waals surface area contributed by atoms with Gasteiger partial charge in [-0.3, -0.25) is 0 Å². The zero-order valence-corrected chi connectivity index (χ0v) is 16.2. The smallest absolute Gasteiger partial charge is 0.0406 e. The highest BCUT2D eigenvalue weighted by molar-refractivity contribution is 6.30. The van der Waals surface area contributed by atoms with E-state index in [1.807, 2.05) is 0 Å². The second-order valence-corrected chi connectivity index (χ2v) is 8.88. The molecule has 0 unspecified atom stereocenters. The largest absolute Gasteiger partial charge is 0.0843 e. The van der Waals surface area contributed by atoms with Crippen LogP contribution in [0.2, 0.25) is 5.02 Å². The van der Waals surface area contributed by atoms with Crippen LogP contribution in [0.3, 0.4) is 0 Å². The molecular weight excluding hydrogens is 312 g/mol. The molecule has 1 heteroatoms. The molecule has 0 nitrogen and oxygen atoms in total. The topological polar surface area (TPSA) is 0 Å². The maximum absolute atomic E-state index is 6.03. The second kappa shape index (κ2) is 9.27. The molecule has 3 rings (SSSR count). The van der Waals surface area contributed by atoms with Gasteiger partial charge in [0.2, 0.25) is 0 Å². The van der Waals surface area contributed by atoms with E-state index in [4.69, 9.17) is 11.6 Å². The van der Waals surface area contributed by atoms with Crippen LogP contribution in [0, 0.1) is 17.8 Å². The molecule has 1 aromatic rings. The average Bonchev–Trinajstić information content (AvgIpc) is 2.63. The molecule has 0 bridgehead atoms. The van der Waals surface area contributed by atoms with Crippen LogP contribution in [0.1, 0.15) is 95.5 Å². The van der Waals surface area contributed by atoms with Gasteiger partial charge in [0, 0.05) is 5.02 Å². The molecule has 24 heavy (non-hydrogen) atoms. The van der Waals surface area contributed by atoms with Crippen LogP contribution in [0.5, 0.6) is 0 Å². The molecule has 1 aromatic carbocycles. The lowest BCUT2D eigenvalue weighted by Crippen LogP contribution is -2.25. The molecule has 134 valence electrons. The third-order valence-corrected chi connectivity index (χ3v) is 7.14. The SMILES string of the molecule is CCCCCC1CCC(C2CCC(c3ccc(Cl)cc3)CC2)CC1. The van der Waals surface area contributed by atoms with Gasteiger partial charge in [-0.2, -0.15) is 0 Å². The highest BCUT2D eigenvalue weighted by atomic mass is 35.5. The van der Waals surface area contributed by atoms with Crippen molar-refractivity contribution in [3.05, 3.63) is 34.9 Å². The number of unbranched alkanes of at least 4 members (excludes halogenated alkanes) is 2. The molecule has 2 saturated carbocycles. The molecule has 0 spiro atoms. The van der Waals surface area contributed by atoms with Gasteiger partial charge >= 0.3 is 0 Å². The summed E-state index contributed by atoms with van der Waals surface area (Å²) in [6.45, 7) is 2.32. The van der Waals surface area contributed by atoms with Crippen molar-refractivity contribution in [1.29, 1.82) is 0 Å². The van der Waals surface area contributed by atoms with Gasteiger partial charge in [0.1, 0.15) is 0 Å². The van der Waals surface area contributed by atoms with Crippen molar-refractivity contribution in [1.82, 2.24) is 0 Å². The summed E-state index contributed by atoms with van der Waals surface area (Å²) in [6, 6.07) is 8.61. The summed E-state index contributed by atoms with van der Waals surface area (Å²) in [4.78, 5) is 0. The predicted molar refractivity (Wildman–Crippen MR) is 106 cm³/mol. The van der Waals surface area contributed by atoms with E-state index in [0.717, 1.165) is 28.7 Å². The first-order valence-electron chi connectivity index (χ1n) is 10.5. The standard InChI is InChI=1S/C23H35Cl/c1-2-3-4-5-18-6-8-19(9-7-18)20-10-12-21(13-11-20)22-14-16-23(24)17-15-22/h14-21H,2-13H2,1H3. The van der Waals surface area contributed by atoms with Crippen LogP contribution in [0.25, 0.3) is 0 Å². The van der Waals surface area contributed by atoms with Gasteiger partial charge in [0.05, 0.1) is 0 Å². The van der Waals surface area contributed by atoms with Crippen molar-refractivity contribution in [2.75, 3.05) is 0 Å². The van der Waals surface area contributed by atoms with Crippen molar-refractivity contribution in [3.8, 4) is 0 Å². The Morgan fingerprint density at radius 1 is 0.792 bits per heavy atom. The minimum Gasteiger partial charge on any atom is -0.0843 e. The summed E-state index contributed by atoms with van der Waals surface area (Å²) in [7, 11) is 0. The fourth-order valence-electron chi connectivity index (χ4n) is 5.29. The lowest BCUT2D eigenvalue weighted by atomic mass is 9.68. The Morgan fingerprint density at radius 3 is 1.96 bits per heavy atom. The van der Waals surface area contributed by atoms with E-state index < -0.39 is 0 Å². The molecular formula is C23H35Cl. The number of benzene rings is 1. The highest BCUT2D eigenvalue weighted by Gasteiger charge is 2.31. The van der Waals surface area contributed by atoms with Crippen molar-refractivity contribution in [3.63, 3.8) is 0 Å². The van der Waals surface area contributed by atoms with Crippen LogP contribution >= 0.6 is 11.6 Å². The predicted octanol–water partition coefficient (Wildman–Crippen LogP) is 8.00. The summed E-state index contributed by atoms with van der Waals surface area (Å²) >= 11 is 6.03. The Bertz CT molecular complexity index is 461. The first kappa shape index (κ1) is 18.3. The van der Waals surface area contributed by atoms with Crippen molar-refractivity contribution >= 4 is 11.6 Å². The summed E-state index contributed by atoms with van der Waals surface area (Å²) < 4.78 is 0. The first-order chi connectivity index (χ1) is 11.8. The van der Waals surface area contributed by atoms with E-state index in [0.29, 0.717) is 0 Å². The summed E-state index contributed by atoms with van der Waals surface area (Å²) in [5, 5.41) is 0.864. The molecule has 0 aliphatic heterocycles. The van der Waals surface area contributed by atoms with Crippen molar-refractivity contribution in [2.45, 2.75) is 89.9 Å². The van der Waals surface area contributed by atoms with E-state index >= 15 is 0 Å². The van der Waals surface area contributed by atoms with Gasteiger partial charge in [0.25, 0.3) is 0 Å². The third-order valence-electron chi connectivity index (χ3n) is 6.89. The molecule has 0 atom stereocenters. The number of rotatable bonds is 6. The maximum Gasteiger partial charge on any atom is 0.0406 e. The summed E-state index contributed by atoms with van der Waals surface area (Å²) in [6.07, 6.45) is 17.6. The maximum atomic E-state index is 6.03. The fraction of sp³-hybridized carbons (Fsp3) is 0.739. The normalized spacial score (nSPS) is 31.1. The average molecular weight is 347 g/mol.